The molecule has 1 aliphatic rings. The Kier molecular flexibility index (Phi) is 3.38. The van der Waals surface area contributed by atoms with E-state index in [0.29, 0.717) is 33.5 Å². The summed E-state index contributed by atoms with van der Waals surface area (Å²) < 4.78 is 5.09. The molecule has 0 spiro atoms. The normalized spacial score (nSPS) is 18.4. The Morgan fingerprint density at radius 1 is 1.45 bits per heavy atom. The van der Waals surface area contributed by atoms with Gasteiger partial charge in [0.15, 0.2) is 5.16 Å². The predicted molar refractivity (Wildman–Crippen MR) is 81.0 cm³/mol. The summed E-state index contributed by atoms with van der Waals surface area (Å²) in [5.74, 6) is 0.659. The van der Waals surface area contributed by atoms with Gasteiger partial charge in [-0.3, -0.25) is 0 Å². The van der Waals surface area contributed by atoms with Gasteiger partial charge in [-0.1, -0.05) is 11.8 Å². The fraction of sp³-hybridized carbons (Fsp3) is 0.462. The molecule has 0 aliphatic carbocycles. The van der Waals surface area contributed by atoms with Crippen LogP contribution in [0.4, 0.5) is 5.82 Å². The molecule has 106 valence electrons. The fourth-order valence-electron chi connectivity index (χ4n) is 2.32. The lowest BCUT2D eigenvalue weighted by atomic mass is 10.0. The molecule has 3 heterocycles. The second kappa shape index (κ2) is 4.93. The number of nitrogens with zero attached hydrogens (tertiary/aromatic N) is 3. The molecule has 20 heavy (non-hydrogen) atoms. The Morgan fingerprint density at radius 2 is 2.20 bits per heavy atom. The number of aromatic nitrogens is 2. The minimum absolute atomic E-state index is 0.0934. The topological polar surface area (TPSA) is 59.2 Å². The maximum Gasteiger partial charge on any atom is 0.350 e. The number of aryl methyl sites for hydroxylation is 1. The molecule has 0 radical (unpaired) electrons. The van der Waals surface area contributed by atoms with Gasteiger partial charge in [-0.25, -0.2) is 14.8 Å². The number of anilines is 1. The van der Waals surface area contributed by atoms with Crippen molar-refractivity contribution in [3.8, 4) is 0 Å². The quantitative estimate of drug-likeness (QED) is 0.628. The highest BCUT2D eigenvalue weighted by atomic mass is 35.5. The van der Waals surface area contributed by atoms with Crippen LogP contribution in [0.15, 0.2) is 14.4 Å². The molecule has 0 amide bonds. The molecule has 3 rings (SSSR count). The van der Waals surface area contributed by atoms with Crippen LogP contribution in [-0.4, -0.2) is 28.8 Å². The number of halogens is 1. The van der Waals surface area contributed by atoms with E-state index in [2.05, 4.69) is 21.8 Å². The molecule has 1 saturated heterocycles. The van der Waals surface area contributed by atoms with Gasteiger partial charge in [0.2, 0.25) is 5.22 Å². The Morgan fingerprint density at radius 3 is 2.75 bits per heavy atom. The van der Waals surface area contributed by atoms with Crippen molar-refractivity contribution in [1.82, 2.24) is 9.97 Å². The van der Waals surface area contributed by atoms with Crippen molar-refractivity contribution < 1.29 is 4.42 Å². The lowest BCUT2D eigenvalue weighted by molar-refractivity contribution is 0.473. The van der Waals surface area contributed by atoms with Gasteiger partial charge in [0.1, 0.15) is 11.2 Å². The molecular formula is C13H14ClN3O2S. The zero-order valence-electron chi connectivity index (χ0n) is 11.4. The third-order valence-electron chi connectivity index (χ3n) is 3.68. The summed E-state index contributed by atoms with van der Waals surface area (Å²) in [6, 6.07) is 0.373. The largest absolute Gasteiger partial charge is 0.410 e. The molecule has 1 aliphatic heterocycles. The lowest BCUT2D eigenvalue weighted by Crippen LogP contribution is -2.46. The van der Waals surface area contributed by atoms with Crippen molar-refractivity contribution in [2.75, 3.05) is 17.7 Å². The van der Waals surface area contributed by atoms with Gasteiger partial charge in [-0.15, -0.1) is 0 Å². The SMILES string of the molecule is CSc1nc(N2CC[C@H]2C)c2c(=O)oc(Cl)c(C)c2n1. The van der Waals surface area contributed by atoms with Crippen LogP contribution in [0.5, 0.6) is 0 Å². The predicted octanol–water partition coefficient (Wildman–Crippen LogP) is 2.87. The molecule has 1 fully saturated rings. The van der Waals surface area contributed by atoms with E-state index in [0.717, 1.165) is 13.0 Å². The summed E-state index contributed by atoms with van der Waals surface area (Å²) in [7, 11) is 0. The van der Waals surface area contributed by atoms with Gasteiger partial charge in [0, 0.05) is 18.2 Å². The van der Waals surface area contributed by atoms with Crippen LogP contribution >= 0.6 is 23.4 Å². The van der Waals surface area contributed by atoms with Crippen molar-refractivity contribution >= 4 is 40.1 Å². The van der Waals surface area contributed by atoms with E-state index in [9.17, 15) is 4.79 Å². The van der Waals surface area contributed by atoms with Gasteiger partial charge in [-0.2, -0.15) is 0 Å². The lowest BCUT2D eigenvalue weighted by Gasteiger charge is -2.40. The zero-order valence-corrected chi connectivity index (χ0v) is 13.0. The highest BCUT2D eigenvalue weighted by molar-refractivity contribution is 7.98. The molecule has 1 atom stereocenters. The average molecular weight is 312 g/mol. The average Bonchev–Trinajstić information content (AvgIpc) is 2.42. The minimum Gasteiger partial charge on any atom is -0.410 e. The molecule has 0 aromatic carbocycles. The maximum atomic E-state index is 12.2. The van der Waals surface area contributed by atoms with Crippen LogP contribution in [0.1, 0.15) is 18.9 Å². The van der Waals surface area contributed by atoms with Crippen LogP contribution in [0, 0.1) is 6.92 Å². The molecule has 0 N–H and O–H groups in total. The summed E-state index contributed by atoms with van der Waals surface area (Å²) in [6.45, 7) is 4.80. The Labute approximate surface area is 125 Å². The highest BCUT2D eigenvalue weighted by Gasteiger charge is 2.29. The second-order valence-electron chi connectivity index (χ2n) is 4.88. The monoisotopic (exact) mass is 311 g/mol. The molecule has 0 unspecified atom stereocenters. The molecular weight excluding hydrogens is 298 g/mol. The number of thioether (sulfide) groups is 1. The standard InChI is InChI=1S/C13H14ClN3O2S/c1-6-4-5-17(6)11-8-9(15-13(16-11)20-3)7(2)10(14)19-12(8)18/h6H,4-5H2,1-3H3/t6-/m1/s1. The van der Waals surface area contributed by atoms with Crippen molar-refractivity contribution in [1.29, 1.82) is 0 Å². The Bertz CT molecular complexity index is 746. The Balaban J connectivity index is 2.38. The van der Waals surface area contributed by atoms with Crippen LogP contribution in [0.3, 0.4) is 0 Å². The number of hydrogen-bond acceptors (Lipinski definition) is 6. The third kappa shape index (κ3) is 1.98. The number of hydrogen-bond donors (Lipinski definition) is 0. The second-order valence-corrected chi connectivity index (χ2v) is 5.99. The van der Waals surface area contributed by atoms with Crippen LogP contribution in [-0.2, 0) is 0 Å². The van der Waals surface area contributed by atoms with Gasteiger partial charge in [-0.05, 0) is 38.1 Å². The molecule has 2 aromatic heterocycles. The zero-order chi connectivity index (χ0) is 14.4. The summed E-state index contributed by atoms with van der Waals surface area (Å²) in [6.07, 6.45) is 3.00. The highest BCUT2D eigenvalue weighted by Crippen LogP contribution is 2.33. The van der Waals surface area contributed by atoms with E-state index in [1.54, 1.807) is 6.92 Å². The first kappa shape index (κ1) is 13.7. The first-order chi connectivity index (χ1) is 9.52. The van der Waals surface area contributed by atoms with E-state index >= 15 is 0 Å². The summed E-state index contributed by atoms with van der Waals surface area (Å²) >= 11 is 7.40. The maximum absolute atomic E-state index is 12.2. The third-order valence-corrected chi connectivity index (χ3v) is 4.59. The molecule has 7 heteroatoms. The fourth-order valence-corrected chi connectivity index (χ4v) is 2.84. The minimum atomic E-state index is -0.475. The number of fused-ring (bicyclic) bond motifs is 1. The van der Waals surface area contributed by atoms with E-state index in [4.69, 9.17) is 16.0 Å². The van der Waals surface area contributed by atoms with E-state index < -0.39 is 5.63 Å². The smallest absolute Gasteiger partial charge is 0.350 e. The van der Waals surface area contributed by atoms with Crippen molar-refractivity contribution in [3.05, 3.63) is 21.2 Å². The van der Waals surface area contributed by atoms with Crippen LogP contribution < -0.4 is 10.5 Å². The van der Waals surface area contributed by atoms with Gasteiger partial charge < -0.3 is 9.32 Å². The van der Waals surface area contributed by atoms with Crippen molar-refractivity contribution in [3.63, 3.8) is 0 Å². The summed E-state index contributed by atoms with van der Waals surface area (Å²) in [5.41, 5.74) is 0.783. The molecule has 0 saturated carbocycles. The van der Waals surface area contributed by atoms with Gasteiger partial charge in [0.25, 0.3) is 0 Å². The van der Waals surface area contributed by atoms with Gasteiger partial charge >= 0.3 is 5.63 Å². The molecule has 0 bridgehead atoms. The summed E-state index contributed by atoms with van der Waals surface area (Å²) in [4.78, 5) is 23.2. The number of rotatable bonds is 2. The first-order valence-electron chi connectivity index (χ1n) is 6.34. The van der Waals surface area contributed by atoms with E-state index in [1.807, 2.05) is 6.26 Å². The van der Waals surface area contributed by atoms with E-state index in [-0.39, 0.29) is 5.22 Å². The van der Waals surface area contributed by atoms with E-state index in [1.165, 1.54) is 11.8 Å². The summed E-state index contributed by atoms with van der Waals surface area (Å²) in [5, 5.41) is 1.16. The van der Waals surface area contributed by atoms with Gasteiger partial charge in [0.05, 0.1) is 5.52 Å². The molecule has 5 nitrogen and oxygen atoms in total. The van der Waals surface area contributed by atoms with Crippen LogP contribution in [0.2, 0.25) is 5.22 Å². The van der Waals surface area contributed by atoms with Crippen molar-refractivity contribution in [2.24, 2.45) is 0 Å². The Hall–Kier alpha value is -1.27. The molecule has 2 aromatic rings. The van der Waals surface area contributed by atoms with Crippen molar-refractivity contribution in [2.45, 2.75) is 31.5 Å². The van der Waals surface area contributed by atoms with Crippen LogP contribution in [0.25, 0.3) is 10.9 Å². The first-order valence-corrected chi connectivity index (χ1v) is 7.94.